The molecule has 0 amide bonds. The standard InChI is InChI=1S/C26H28ClNO4S/c1-5-7-21-14-20(17-28-22-11-10-19(4)24(27)16-22)15-25(31-6-2)26(21)32-33(29,30)23-12-8-18(3)9-13-23/h5,8-16,28H,1,6-7,17H2,2-4H3. The number of anilines is 1. The Labute approximate surface area is 201 Å². The second kappa shape index (κ2) is 10.8. The van der Waals surface area contributed by atoms with Gasteiger partial charge >= 0.3 is 10.1 Å². The van der Waals surface area contributed by atoms with Crippen LogP contribution in [-0.4, -0.2) is 15.0 Å². The fraction of sp³-hybridized carbons (Fsp3) is 0.231. The number of hydrogen-bond acceptors (Lipinski definition) is 5. The fourth-order valence-electron chi connectivity index (χ4n) is 3.26. The van der Waals surface area contributed by atoms with Gasteiger partial charge in [0.25, 0.3) is 0 Å². The van der Waals surface area contributed by atoms with Crippen LogP contribution in [0, 0.1) is 13.8 Å². The third-order valence-electron chi connectivity index (χ3n) is 5.03. The van der Waals surface area contributed by atoms with Gasteiger partial charge in [0.1, 0.15) is 4.90 Å². The van der Waals surface area contributed by atoms with Gasteiger partial charge in [-0.2, -0.15) is 8.42 Å². The molecule has 3 aromatic rings. The zero-order valence-electron chi connectivity index (χ0n) is 19.0. The van der Waals surface area contributed by atoms with Crippen LogP contribution in [0.15, 0.2) is 72.1 Å². The summed E-state index contributed by atoms with van der Waals surface area (Å²) < 4.78 is 37.3. The summed E-state index contributed by atoms with van der Waals surface area (Å²) in [6, 6.07) is 16.0. The second-order valence-corrected chi connectivity index (χ2v) is 9.63. The van der Waals surface area contributed by atoms with E-state index in [2.05, 4.69) is 11.9 Å². The van der Waals surface area contributed by atoms with Gasteiger partial charge in [-0.15, -0.1) is 6.58 Å². The van der Waals surface area contributed by atoms with E-state index in [1.807, 2.05) is 45.0 Å². The van der Waals surface area contributed by atoms with E-state index in [9.17, 15) is 8.42 Å². The van der Waals surface area contributed by atoms with Crippen LogP contribution < -0.4 is 14.2 Å². The van der Waals surface area contributed by atoms with Crippen LogP contribution in [0.4, 0.5) is 5.69 Å². The van der Waals surface area contributed by atoms with Crippen LogP contribution in [0.2, 0.25) is 5.02 Å². The minimum Gasteiger partial charge on any atom is -0.490 e. The lowest BCUT2D eigenvalue weighted by Gasteiger charge is -2.18. The topological polar surface area (TPSA) is 64.6 Å². The maximum Gasteiger partial charge on any atom is 0.339 e. The minimum atomic E-state index is -4.03. The summed E-state index contributed by atoms with van der Waals surface area (Å²) in [5, 5.41) is 4.03. The molecule has 0 aliphatic rings. The Morgan fingerprint density at radius 3 is 2.42 bits per heavy atom. The summed E-state index contributed by atoms with van der Waals surface area (Å²) in [6.07, 6.45) is 2.12. The van der Waals surface area contributed by atoms with Gasteiger partial charge in [-0.1, -0.05) is 41.4 Å². The average Bonchev–Trinajstić information content (AvgIpc) is 2.77. The Morgan fingerprint density at radius 2 is 1.79 bits per heavy atom. The van der Waals surface area contributed by atoms with E-state index >= 15 is 0 Å². The predicted octanol–water partition coefficient (Wildman–Crippen LogP) is 6.46. The van der Waals surface area contributed by atoms with Crippen LogP contribution in [0.3, 0.4) is 0 Å². The molecule has 0 saturated carbocycles. The lowest BCUT2D eigenvalue weighted by atomic mass is 10.1. The molecule has 3 aromatic carbocycles. The molecule has 33 heavy (non-hydrogen) atoms. The van der Waals surface area contributed by atoms with Gasteiger partial charge in [0.05, 0.1) is 6.61 Å². The number of rotatable bonds is 10. The van der Waals surface area contributed by atoms with Crippen molar-refractivity contribution in [2.75, 3.05) is 11.9 Å². The normalized spacial score (nSPS) is 11.2. The Hall–Kier alpha value is -2.96. The van der Waals surface area contributed by atoms with Gasteiger partial charge in [-0.05, 0) is 74.7 Å². The van der Waals surface area contributed by atoms with Gasteiger partial charge in [0.2, 0.25) is 0 Å². The molecule has 0 spiro atoms. The highest BCUT2D eigenvalue weighted by Gasteiger charge is 2.22. The summed E-state index contributed by atoms with van der Waals surface area (Å²) in [7, 11) is -4.03. The van der Waals surface area contributed by atoms with E-state index in [1.54, 1.807) is 24.3 Å². The Morgan fingerprint density at radius 1 is 1.06 bits per heavy atom. The molecule has 3 rings (SSSR count). The molecular weight excluding hydrogens is 458 g/mol. The molecule has 0 fully saturated rings. The van der Waals surface area contributed by atoms with Crippen molar-refractivity contribution < 1.29 is 17.3 Å². The van der Waals surface area contributed by atoms with E-state index in [0.29, 0.717) is 35.9 Å². The van der Waals surface area contributed by atoms with Crippen LogP contribution >= 0.6 is 11.6 Å². The molecule has 7 heteroatoms. The first-order valence-electron chi connectivity index (χ1n) is 10.6. The van der Waals surface area contributed by atoms with E-state index in [1.165, 1.54) is 12.1 Å². The highest BCUT2D eigenvalue weighted by atomic mass is 35.5. The molecule has 5 nitrogen and oxygen atoms in total. The van der Waals surface area contributed by atoms with Crippen LogP contribution in [-0.2, 0) is 23.1 Å². The Balaban J connectivity index is 1.94. The van der Waals surface area contributed by atoms with E-state index in [4.69, 9.17) is 20.5 Å². The summed E-state index contributed by atoms with van der Waals surface area (Å²) in [6.45, 7) is 10.3. The highest BCUT2D eigenvalue weighted by Crippen LogP contribution is 2.36. The predicted molar refractivity (Wildman–Crippen MR) is 134 cm³/mol. The van der Waals surface area contributed by atoms with E-state index in [0.717, 1.165) is 22.4 Å². The molecule has 0 bridgehead atoms. The molecule has 0 aromatic heterocycles. The van der Waals surface area contributed by atoms with Crippen LogP contribution in [0.1, 0.15) is 29.2 Å². The van der Waals surface area contributed by atoms with Crippen molar-refractivity contribution in [2.24, 2.45) is 0 Å². The van der Waals surface area contributed by atoms with Crippen molar-refractivity contribution in [3.05, 3.63) is 94.5 Å². The van der Waals surface area contributed by atoms with E-state index < -0.39 is 10.1 Å². The molecule has 0 heterocycles. The van der Waals surface area contributed by atoms with Crippen molar-refractivity contribution in [3.63, 3.8) is 0 Å². The monoisotopic (exact) mass is 485 g/mol. The summed E-state index contributed by atoms with van der Waals surface area (Å²) in [4.78, 5) is 0.0853. The number of benzene rings is 3. The minimum absolute atomic E-state index is 0.0853. The zero-order valence-corrected chi connectivity index (χ0v) is 20.6. The number of hydrogen-bond donors (Lipinski definition) is 1. The number of halogens is 1. The highest BCUT2D eigenvalue weighted by molar-refractivity contribution is 7.87. The summed E-state index contributed by atoms with van der Waals surface area (Å²) in [5.74, 6) is 0.547. The number of aryl methyl sites for hydroxylation is 2. The van der Waals surface area contributed by atoms with Crippen LogP contribution in [0.25, 0.3) is 0 Å². The SMILES string of the molecule is C=CCc1cc(CNc2ccc(C)c(Cl)c2)cc(OCC)c1OS(=O)(=O)c1ccc(C)cc1. The first-order chi connectivity index (χ1) is 15.7. The average molecular weight is 486 g/mol. The maximum absolute atomic E-state index is 13.0. The van der Waals surface area contributed by atoms with Crippen molar-refractivity contribution in [1.82, 2.24) is 0 Å². The molecular formula is C26H28ClNO4S. The first kappa shape index (κ1) is 24.7. The van der Waals surface area contributed by atoms with Gasteiger partial charge < -0.3 is 14.2 Å². The molecule has 0 unspecified atom stereocenters. The maximum atomic E-state index is 13.0. The molecule has 1 N–H and O–H groups in total. The Bertz CT molecular complexity index is 1240. The molecule has 0 saturated heterocycles. The first-order valence-corrected chi connectivity index (χ1v) is 12.4. The zero-order chi connectivity index (χ0) is 24.0. The molecule has 0 radical (unpaired) electrons. The van der Waals surface area contributed by atoms with Crippen molar-refractivity contribution in [1.29, 1.82) is 0 Å². The largest absolute Gasteiger partial charge is 0.490 e. The van der Waals surface area contributed by atoms with Crippen molar-refractivity contribution in [2.45, 2.75) is 38.6 Å². The lowest BCUT2D eigenvalue weighted by molar-refractivity contribution is 0.326. The summed E-state index contributed by atoms with van der Waals surface area (Å²) in [5.41, 5.74) is 4.43. The molecule has 0 aliphatic heterocycles. The van der Waals surface area contributed by atoms with E-state index in [-0.39, 0.29) is 10.6 Å². The molecule has 0 atom stereocenters. The van der Waals surface area contributed by atoms with Gasteiger partial charge in [0.15, 0.2) is 11.5 Å². The summed E-state index contributed by atoms with van der Waals surface area (Å²) >= 11 is 6.23. The Kier molecular flexibility index (Phi) is 8.06. The fourth-order valence-corrected chi connectivity index (χ4v) is 4.41. The number of allylic oxidation sites excluding steroid dienone is 1. The number of ether oxygens (including phenoxy) is 1. The van der Waals surface area contributed by atoms with Crippen molar-refractivity contribution >= 4 is 27.4 Å². The van der Waals surface area contributed by atoms with Crippen molar-refractivity contribution in [3.8, 4) is 11.5 Å². The van der Waals surface area contributed by atoms with Gasteiger partial charge in [-0.3, -0.25) is 0 Å². The van der Waals surface area contributed by atoms with Gasteiger partial charge in [-0.25, -0.2) is 0 Å². The van der Waals surface area contributed by atoms with Crippen LogP contribution in [0.5, 0.6) is 11.5 Å². The smallest absolute Gasteiger partial charge is 0.339 e. The quantitative estimate of drug-likeness (QED) is 0.263. The second-order valence-electron chi connectivity index (χ2n) is 7.68. The lowest BCUT2D eigenvalue weighted by Crippen LogP contribution is -2.13. The number of nitrogens with one attached hydrogen (secondary N) is 1. The molecule has 174 valence electrons. The third-order valence-corrected chi connectivity index (χ3v) is 6.67. The van der Waals surface area contributed by atoms with Gasteiger partial charge in [0, 0.05) is 22.8 Å². The molecule has 0 aliphatic carbocycles. The third kappa shape index (κ3) is 6.30.